The number of aliphatic hydroxyl groups is 2. The van der Waals surface area contributed by atoms with E-state index >= 15 is 0 Å². The van der Waals surface area contributed by atoms with Gasteiger partial charge in [0.1, 0.15) is 0 Å². The van der Waals surface area contributed by atoms with Gasteiger partial charge >= 0.3 is 0 Å². The van der Waals surface area contributed by atoms with E-state index in [0.717, 1.165) is 25.7 Å². The van der Waals surface area contributed by atoms with Crippen LogP contribution in [-0.2, 0) is 0 Å². The van der Waals surface area contributed by atoms with Crippen molar-refractivity contribution in [3.8, 4) is 0 Å². The molecule has 0 aromatic carbocycles. The predicted octanol–water partition coefficient (Wildman–Crippen LogP) is 5.80. The number of rotatable bonds is 14. The van der Waals surface area contributed by atoms with Crippen molar-refractivity contribution in [2.75, 3.05) is 0 Å². The highest BCUT2D eigenvalue weighted by Crippen LogP contribution is 2.37. The summed E-state index contributed by atoms with van der Waals surface area (Å²) in [6.07, 6.45) is 14.7. The Kier molecular flexibility index (Phi) is 11.4. The van der Waals surface area contributed by atoms with Gasteiger partial charge in [-0.3, -0.25) is 0 Å². The quantitative estimate of drug-likeness (QED) is 0.314. The first-order valence-electron chi connectivity index (χ1n) is 9.32. The smallest absolute Gasteiger partial charge is 0.167 e. The lowest BCUT2D eigenvalue weighted by Crippen LogP contribution is -2.44. The Hall–Kier alpha value is -0.0800. The Morgan fingerprint density at radius 3 is 1.43 bits per heavy atom. The lowest BCUT2D eigenvalue weighted by Gasteiger charge is -2.38. The fraction of sp³-hybridized carbons (Fsp3) is 1.00. The SMILES string of the molecule is CCCCCCCCC(C)(C)C(O)(O)CCCCCCC. The lowest BCUT2D eigenvalue weighted by atomic mass is 9.76. The molecule has 0 aromatic heterocycles. The van der Waals surface area contributed by atoms with Crippen LogP contribution in [0.5, 0.6) is 0 Å². The van der Waals surface area contributed by atoms with Gasteiger partial charge in [-0.05, 0) is 12.8 Å². The van der Waals surface area contributed by atoms with Crippen LogP contribution in [0.4, 0.5) is 0 Å². The molecule has 0 aliphatic heterocycles. The van der Waals surface area contributed by atoms with Crippen LogP contribution in [0, 0.1) is 5.41 Å². The van der Waals surface area contributed by atoms with Gasteiger partial charge in [-0.15, -0.1) is 0 Å². The molecule has 2 heteroatoms. The summed E-state index contributed by atoms with van der Waals surface area (Å²) >= 11 is 0. The third kappa shape index (κ3) is 9.52. The van der Waals surface area contributed by atoms with Gasteiger partial charge in [0, 0.05) is 11.8 Å². The summed E-state index contributed by atoms with van der Waals surface area (Å²) in [6.45, 7) is 8.44. The van der Waals surface area contributed by atoms with Gasteiger partial charge in [0.05, 0.1) is 0 Å². The zero-order valence-electron chi connectivity index (χ0n) is 15.1. The summed E-state index contributed by atoms with van der Waals surface area (Å²) in [7, 11) is 0. The topological polar surface area (TPSA) is 40.5 Å². The first-order chi connectivity index (χ1) is 9.87. The number of hydrogen-bond donors (Lipinski definition) is 2. The second-order valence-electron chi connectivity index (χ2n) is 7.38. The van der Waals surface area contributed by atoms with Crippen LogP contribution in [0.1, 0.15) is 111 Å². The largest absolute Gasteiger partial charge is 0.365 e. The highest BCUT2D eigenvalue weighted by Gasteiger charge is 2.40. The highest BCUT2D eigenvalue weighted by atomic mass is 16.5. The van der Waals surface area contributed by atoms with Crippen molar-refractivity contribution in [2.45, 2.75) is 117 Å². The van der Waals surface area contributed by atoms with Crippen molar-refractivity contribution in [1.29, 1.82) is 0 Å². The summed E-state index contributed by atoms with van der Waals surface area (Å²) in [5.41, 5.74) is -0.400. The van der Waals surface area contributed by atoms with Gasteiger partial charge in [-0.2, -0.15) is 0 Å². The molecule has 0 aliphatic carbocycles. The molecule has 0 fully saturated rings. The standard InChI is InChI=1S/C19H40O2/c1-5-7-9-11-13-14-16-18(3,4)19(20,21)17-15-12-10-8-6-2/h20-21H,5-17H2,1-4H3. The van der Waals surface area contributed by atoms with Crippen LogP contribution in [-0.4, -0.2) is 16.0 Å². The second kappa shape index (κ2) is 11.5. The Morgan fingerprint density at radius 1 is 0.571 bits per heavy atom. The van der Waals surface area contributed by atoms with Crippen LogP contribution in [0.15, 0.2) is 0 Å². The molecule has 2 N–H and O–H groups in total. The summed E-state index contributed by atoms with van der Waals surface area (Å²) in [5.74, 6) is -1.51. The Morgan fingerprint density at radius 2 is 0.952 bits per heavy atom. The fourth-order valence-corrected chi connectivity index (χ4v) is 2.86. The summed E-state index contributed by atoms with van der Waals surface area (Å²) < 4.78 is 0. The van der Waals surface area contributed by atoms with Gasteiger partial charge in [-0.1, -0.05) is 91.9 Å². The molecule has 0 saturated heterocycles. The van der Waals surface area contributed by atoms with Crippen LogP contribution in [0.3, 0.4) is 0 Å². The van der Waals surface area contributed by atoms with Crippen LogP contribution in [0.2, 0.25) is 0 Å². The van der Waals surface area contributed by atoms with Crippen LogP contribution in [0.25, 0.3) is 0 Å². The Bertz CT molecular complexity index is 234. The average Bonchev–Trinajstić information content (AvgIpc) is 2.42. The van der Waals surface area contributed by atoms with Gasteiger partial charge in [0.15, 0.2) is 5.79 Å². The van der Waals surface area contributed by atoms with Crippen molar-refractivity contribution in [1.82, 2.24) is 0 Å². The first kappa shape index (κ1) is 20.9. The zero-order chi connectivity index (χ0) is 16.2. The molecule has 0 aliphatic rings. The number of unbranched alkanes of at least 4 members (excludes halogenated alkanes) is 9. The van der Waals surface area contributed by atoms with Gasteiger partial charge in [-0.25, -0.2) is 0 Å². The molecule has 0 amide bonds. The molecule has 0 aromatic rings. The van der Waals surface area contributed by atoms with E-state index in [1.807, 2.05) is 13.8 Å². The third-order valence-corrected chi connectivity index (χ3v) is 4.87. The maximum absolute atomic E-state index is 10.4. The summed E-state index contributed by atoms with van der Waals surface area (Å²) in [6, 6.07) is 0. The van der Waals surface area contributed by atoms with E-state index in [0.29, 0.717) is 6.42 Å². The van der Waals surface area contributed by atoms with Crippen LogP contribution >= 0.6 is 0 Å². The maximum Gasteiger partial charge on any atom is 0.167 e. The molecule has 0 spiro atoms. The fourth-order valence-electron chi connectivity index (χ4n) is 2.86. The van der Waals surface area contributed by atoms with E-state index in [1.54, 1.807) is 0 Å². The molecule has 128 valence electrons. The highest BCUT2D eigenvalue weighted by molar-refractivity contribution is 4.84. The summed E-state index contributed by atoms with van der Waals surface area (Å²) in [4.78, 5) is 0. The van der Waals surface area contributed by atoms with Crippen molar-refractivity contribution < 1.29 is 10.2 Å². The van der Waals surface area contributed by atoms with Crippen LogP contribution < -0.4 is 0 Å². The van der Waals surface area contributed by atoms with E-state index in [4.69, 9.17) is 0 Å². The minimum absolute atomic E-state index is 0.400. The van der Waals surface area contributed by atoms with Crippen molar-refractivity contribution in [3.63, 3.8) is 0 Å². The molecular weight excluding hydrogens is 260 g/mol. The Labute approximate surface area is 133 Å². The number of hydrogen-bond acceptors (Lipinski definition) is 2. The van der Waals surface area contributed by atoms with E-state index in [2.05, 4.69) is 13.8 Å². The molecule has 0 rings (SSSR count). The summed E-state index contributed by atoms with van der Waals surface area (Å²) in [5, 5.41) is 20.8. The van der Waals surface area contributed by atoms with Gasteiger partial charge in [0.25, 0.3) is 0 Å². The van der Waals surface area contributed by atoms with Crippen molar-refractivity contribution in [3.05, 3.63) is 0 Å². The third-order valence-electron chi connectivity index (χ3n) is 4.87. The first-order valence-corrected chi connectivity index (χ1v) is 9.32. The van der Waals surface area contributed by atoms with Crippen molar-refractivity contribution in [2.24, 2.45) is 5.41 Å². The minimum Gasteiger partial charge on any atom is -0.365 e. The minimum atomic E-state index is -1.51. The molecule has 2 nitrogen and oxygen atoms in total. The molecule has 0 bridgehead atoms. The average molecular weight is 301 g/mol. The maximum atomic E-state index is 10.4. The molecular formula is C19H40O2. The van der Waals surface area contributed by atoms with E-state index < -0.39 is 11.2 Å². The monoisotopic (exact) mass is 300 g/mol. The van der Waals surface area contributed by atoms with Gasteiger partial charge < -0.3 is 10.2 Å². The molecule has 0 atom stereocenters. The normalized spacial score (nSPS) is 12.9. The molecule has 0 radical (unpaired) electrons. The van der Waals surface area contributed by atoms with E-state index in [9.17, 15) is 10.2 Å². The van der Waals surface area contributed by atoms with E-state index in [-0.39, 0.29) is 0 Å². The lowest BCUT2D eigenvalue weighted by molar-refractivity contribution is -0.240. The predicted molar refractivity (Wildman–Crippen MR) is 92.3 cm³/mol. The molecule has 0 unspecified atom stereocenters. The molecule has 0 saturated carbocycles. The Balaban J connectivity index is 3.90. The second-order valence-corrected chi connectivity index (χ2v) is 7.38. The molecule has 21 heavy (non-hydrogen) atoms. The van der Waals surface area contributed by atoms with E-state index in [1.165, 1.54) is 51.4 Å². The van der Waals surface area contributed by atoms with Crippen molar-refractivity contribution >= 4 is 0 Å². The molecule has 0 heterocycles. The zero-order valence-corrected chi connectivity index (χ0v) is 15.1. The van der Waals surface area contributed by atoms with Gasteiger partial charge in [0.2, 0.25) is 0 Å².